The summed E-state index contributed by atoms with van der Waals surface area (Å²) in [6, 6.07) is 0. The molecule has 1 aromatic rings. The van der Waals surface area contributed by atoms with Crippen molar-refractivity contribution in [2.24, 2.45) is 0 Å². The molecule has 0 radical (unpaired) electrons. The first-order chi connectivity index (χ1) is 9.13. The van der Waals surface area contributed by atoms with E-state index in [1.165, 1.54) is 49.9 Å². The molecule has 0 saturated heterocycles. The first-order valence-corrected chi connectivity index (χ1v) is 8.18. The molecular formula is C18H29N. The molecule has 0 N–H and O–H groups in total. The summed E-state index contributed by atoms with van der Waals surface area (Å²) in [4.78, 5) is 5.00. The van der Waals surface area contributed by atoms with Crippen molar-refractivity contribution in [1.29, 1.82) is 0 Å². The maximum Gasteiger partial charge on any atom is 0.0470 e. The number of hydrogen-bond donors (Lipinski definition) is 0. The third kappa shape index (κ3) is 2.57. The van der Waals surface area contributed by atoms with Crippen LogP contribution in [-0.4, -0.2) is 4.98 Å². The van der Waals surface area contributed by atoms with Crippen LogP contribution < -0.4 is 0 Å². The molecule has 2 atom stereocenters. The summed E-state index contributed by atoms with van der Waals surface area (Å²) < 4.78 is 0. The fourth-order valence-corrected chi connectivity index (χ4v) is 3.55. The molecule has 19 heavy (non-hydrogen) atoms. The molecule has 2 aliphatic carbocycles. The summed E-state index contributed by atoms with van der Waals surface area (Å²) in [6.45, 7) is 11.2. The van der Waals surface area contributed by atoms with Crippen LogP contribution in [0.2, 0.25) is 0 Å². The van der Waals surface area contributed by atoms with Gasteiger partial charge in [0.15, 0.2) is 0 Å². The molecule has 106 valence electrons. The highest BCUT2D eigenvalue weighted by Gasteiger charge is 2.30. The van der Waals surface area contributed by atoms with Crippen molar-refractivity contribution in [3.05, 3.63) is 28.1 Å². The Labute approximate surface area is 118 Å². The van der Waals surface area contributed by atoms with Crippen molar-refractivity contribution in [3.8, 4) is 0 Å². The maximum atomic E-state index is 5.00. The van der Waals surface area contributed by atoms with Crippen LogP contribution in [0.15, 0.2) is 0 Å². The number of fused-ring (bicyclic) bond motifs is 2. The molecule has 0 aliphatic heterocycles. The van der Waals surface area contributed by atoms with Gasteiger partial charge in [-0.15, -0.1) is 0 Å². The molecule has 1 aromatic heterocycles. The van der Waals surface area contributed by atoms with Gasteiger partial charge in [-0.25, -0.2) is 0 Å². The molecular weight excluding hydrogens is 230 g/mol. The van der Waals surface area contributed by atoms with Crippen LogP contribution in [0.1, 0.15) is 93.8 Å². The van der Waals surface area contributed by atoms with E-state index in [0.717, 1.165) is 0 Å². The van der Waals surface area contributed by atoms with Gasteiger partial charge >= 0.3 is 0 Å². The van der Waals surface area contributed by atoms with Gasteiger partial charge in [0.25, 0.3) is 0 Å². The zero-order chi connectivity index (χ0) is 14.0. The highest BCUT2D eigenvalue weighted by molar-refractivity contribution is 5.47. The van der Waals surface area contributed by atoms with Crippen LogP contribution in [0, 0.1) is 0 Å². The lowest BCUT2D eigenvalue weighted by Crippen LogP contribution is -2.05. The normalized spacial score (nSPS) is 23.6. The van der Waals surface area contributed by atoms with Crippen LogP contribution in [-0.2, 0) is 19.3 Å². The van der Waals surface area contributed by atoms with Gasteiger partial charge in [0.1, 0.15) is 0 Å². The van der Waals surface area contributed by atoms with Gasteiger partial charge in [-0.05, 0) is 60.6 Å². The van der Waals surface area contributed by atoms with E-state index in [4.69, 9.17) is 4.98 Å². The summed E-state index contributed by atoms with van der Waals surface area (Å²) >= 11 is 0. The van der Waals surface area contributed by atoms with Crippen molar-refractivity contribution in [1.82, 2.24) is 4.98 Å². The average molecular weight is 259 g/mol. The zero-order valence-electron chi connectivity index (χ0n) is 13.3. The van der Waals surface area contributed by atoms with E-state index in [9.17, 15) is 0 Å². The number of hydrogen-bond acceptors (Lipinski definition) is 1. The van der Waals surface area contributed by atoms with Crippen LogP contribution in [0.25, 0.3) is 0 Å². The number of rotatable bonds is 1. The molecule has 0 spiro atoms. The lowest BCUT2D eigenvalue weighted by molar-refractivity contribution is 0.702. The summed E-state index contributed by atoms with van der Waals surface area (Å²) in [5.74, 6) is 1.39. The molecule has 1 nitrogen and oxygen atoms in total. The van der Waals surface area contributed by atoms with E-state index in [-0.39, 0.29) is 0 Å². The lowest BCUT2D eigenvalue weighted by Gasteiger charge is -2.14. The predicted octanol–water partition coefficient (Wildman–Crippen LogP) is 5.16. The Kier molecular flexibility index (Phi) is 4.65. The Bertz CT molecular complexity index is 411. The molecule has 1 heteroatoms. The van der Waals surface area contributed by atoms with E-state index in [2.05, 4.69) is 34.6 Å². The minimum Gasteiger partial charge on any atom is -0.257 e. The fraction of sp³-hybridized carbons (Fsp3) is 0.722. The second-order valence-corrected chi connectivity index (χ2v) is 6.26. The number of aromatic nitrogens is 1. The van der Waals surface area contributed by atoms with Crippen molar-refractivity contribution < 1.29 is 0 Å². The highest BCUT2D eigenvalue weighted by atomic mass is 14.8. The van der Waals surface area contributed by atoms with Crippen molar-refractivity contribution in [3.63, 3.8) is 0 Å². The van der Waals surface area contributed by atoms with E-state index < -0.39 is 0 Å². The third-order valence-corrected chi connectivity index (χ3v) is 4.53. The highest BCUT2D eigenvalue weighted by Crippen LogP contribution is 2.41. The minimum atomic E-state index is 0.693. The largest absolute Gasteiger partial charge is 0.257 e. The first-order valence-electron chi connectivity index (χ1n) is 8.18. The van der Waals surface area contributed by atoms with Crippen molar-refractivity contribution in [2.45, 2.75) is 85.0 Å². The quantitative estimate of drug-likeness (QED) is 0.679. The molecule has 0 bridgehead atoms. The summed E-state index contributed by atoms with van der Waals surface area (Å²) in [7, 11) is 0. The second-order valence-electron chi connectivity index (χ2n) is 6.26. The molecule has 3 rings (SSSR count). The van der Waals surface area contributed by atoms with E-state index in [1.807, 2.05) is 0 Å². The molecule has 1 heterocycles. The number of nitrogens with zero attached hydrogens (tertiary/aromatic N) is 1. The maximum absolute atomic E-state index is 5.00. The SMILES string of the molecule is CCC.CCc1c2c(nc3c1CCC3C)C(C)CC2. The second kappa shape index (κ2) is 6.07. The van der Waals surface area contributed by atoms with E-state index >= 15 is 0 Å². The van der Waals surface area contributed by atoms with Crippen LogP contribution in [0.5, 0.6) is 0 Å². The van der Waals surface area contributed by atoms with Gasteiger partial charge in [-0.1, -0.05) is 41.0 Å². The topological polar surface area (TPSA) is 12.9 Å². The number of pyridine rings is 1. The van der Waals surface area contributed by atoms with Gasteiger partial charge in [0.2, 0.25) is 0 Å². The zero-order valence-corrected chi connectivity index (χ0v) is 13.3. The Morgan fingerprint density at radius 1 is 0.895 bits per heavy atom. The van der Waals surface area contributed by atoms with Crippen LogP contribution in [0.3, 0.4) is 0 Å². The lowest BCUT2D eigenvalue weighted by atomic mass is 9.96. The van der Waals surface area contributed by atoms with Gasteiger partial charge < -0.3 is 0 Å². The van der Waals surface area contributed by atoms with Crippen molar-refractivity contribution in [2.75, 3.05) is 0 Å². The Hall–Kier alpha value is -0.850. The molecule has 2 aliphatic rings. The summed E-state index contributed by atoms with van der Waals surface area (Å²) in [5, 5.41) is 0. The molecule has 0 fully saturated rings. The smallest absolute Gasteiger partial charge is 0.0470 e. The standard InChI is InChI=1S/C15H21N.C3H8/c1-4-11-12-7-5-9(2)14(12)16-15-10(3)6-8-13(11)15;1-3-2/h9-10H,4-8H2,1-3H3;3H2,1-2H3. The first kappa shape index (κ1) is 14.6. The Balaban J connectivity index is 0.000000408. The average Bonchev–Trinajstić information content (AvgIpc) is 2.94. The van der Waals surface area contributed by atoms with Gasteiger partial charge in [-0.3, -0.25) is 4.98 Å². The minimum absolute atomic E-state index is 0.693. The van der Waals surface area contributed by atoms with Crippen LogP contribution >= 0.6 is 0 Å². The third-order valence-electron chi connectivity index (χ3n) is 4.53. The molecule has 2 unspecified atom stereocenters. The Morgan fingerprint density at radius 3 is 1.68 bits per heavy atom. The van der Waals surface area contributed by atoms with E-state index in [1.54, 1.807) is 16.7 Å². The van der Waals surface area contributed by atoms with Crippen LogP contribution in [0.4, 0.5) is 0 Å². The predicted molar refractivity (Wildman–Crippen MR) is 83.1 cm³/mol. The molecule has 0 amide bonds. The van der Waals surface area contributed by atoms with Gasteiger partial charge in [0.05, 0.1) is 0 Å². The summed E-state index contributed by atoms with van der Waals surface area (Å²) in [6.07, 6.45) is 7.62. The fourth-order valence-electron chi connectivity index (χ4n) is 3.55. The monoisotopic (exact) mass is 259 g/mol. The molecule has 0 aromatic carbocycles. The van der Waals surface area contributed by atoms with Gasteiger partial charge in [0, 0.05) is 11.4 Å². The van der Waals surface area contributed by atoms with E-state index in [0.29, 0.717) is 11.8 Å². The van der Waals surface area contributed by atoms with Gasteiger partial charge in [-0.2, -0.15) is 0 Å². The Morgan fingerprint density at radius 2 is 1.32 bits per heavy atom. The molecule has 0 saturated carbocycles. The summed E-state index contributed by atoms with van der Waals surface area (Å²) in [5.41, 5.74) is 7.76. The van der Waals surface area contributed by atoms with Crippen molar-refractivity contribution >= 4 is 0 Å².